The minimum atomic E-state index is -0.489. The maximum Gasteiger partial charge on any atom is 0.319 e. The summed E-state index contributed by atoms with van der Waals surface area (Å²) in [6, 6.07) is 10.3. The van der Waals surface area contributed by atoms with Crippen LogP contribution in [0.15, 0.2) is 42.5 Å². The molecule has 150 valence electrons. The standard InChI is InChI=1S/C20H24FN3O4/c1-13(14-5-10-18(27-4)17(21)11-14)22-20(26)23-15-6-8-16(9-7-15)28-12-19(25)24(2)3/h5-11,13H,12H2,1-4H3,(H2,22,23,26)/t13-/m0/s1. The second-order valence-corrected chi connectivity index (χ2v) is 6.32. The van der Waals surface area contributed by atoms with Gasteiger partial charge in [-0.3, -0.25) is 4.79 Å². The minimum absolute atomic E-state index is 0.0593. The summed E-state index contributed by atoms with van der Waals surface area (Å²) >= 11 is 0. The SMILES string of the molecule is COc1ccc([C@H](C)NC(=O)Nc2ccc(OCC(=O)N(C)C)cc2)cc1F. The first-order valence-corrected chi connectivity index (χ1v) is 8.64. The number of likely N-dealkylation sites (N-methyl/N-ethyl adjacent to an activating group) is 1. The predicted molar refractivity (Wildman–Crippen MR) is 104 cm³/mol. The van der Waals surface area contributed by atoms with Gasteiger partial charge in [0.2, 0.25) is 0 Å². The first-order chi connectivity index (χ1) is 13.3. The van der Waals surface area contributed by atoms with E-state index in [2.05, 4.69) is 10.6 Å². The molecule has 0 unspecified atom stereocenters. The number of nitrogens with one attached hydrogen (secondary N) is 2. The summed E-state index contributed by atoms with van der Waals surface area (Å²) in [5, 5.41) is 5.43. The van der Waals surface area contributed by atoms with Crippen molar-refractivity contribution in [3.05, 3.63) is 53.8 Å². The fourth-order valence-corrected chi connectivity index (χ4v) is 2.31. The average molecular weight is 389 g/mol. The summed E-state index contributed by atoms with van der Waals surface area (Å²) in [5.74, 6) is 0.0288. The van der Waals surface area contributed by atoms with Gasteiger partial charge in [0.1, 0.15) is 5.75 Å². The Labute approximate surface area is 163 Å². The van der Waals surface area contributed by atoms with E-state index in [0.717, 1.165) is 0 Å². The monoisotopic (exact) mass is 389 g/mol. The fourth-order valence-electron chi connectivity index (χ4n) is 2.31. The molecular formula is C20H24FN3O4. The molecule has 0 saturated carbocycles. The highest BCUT2D eigenvalue weighted by Crippen LogP contribution is 2.22. The first kappa shape index (κ1) is 21.0. The Morgan fingerprint density at radius 2 is 1.82 bits per heavy atom. The van der Waals surface area contributed by atoms with Crippen LogP contribution in [-0.2, 0) is 4.79 Å². The van der Waals surface area contributed by atoms with E-state index in [4.69, 9.17) is 9.47 Å². The number of hydrogen-bond acceptors (Lipinski definition) is 4. The normalized spacial score (nSPS) is 11.3. The highest BCUT2D eigenvalue weighted by atomic mass is 19.1. The predicted octanol–water partition coefficient (Wildman–Crippen LogP) is 3.18. The van der Waals surface area contributed by atoms with Crippen LogP contribution in [-0.4, -0.2) is 44.7 Å². The fraction of sp³-hybridized carbons (Fsp3) is 0.300. The third-order valence-corrected chi connectivity index (χ3v) is 4.00. The number of anilines is 1. The molecule has 0 aliphatic carbocycles. The Morgan fingerprint density at radius 1 is 1.14 bits per heavy atom. The van der Waals surface area contributed by atoms with Crippen LogP contribution >= 0.6 is 0 Å². The van der Waals surface area contributed by atoms with E-state index >= 15 is 0 Å². The molecule has 0 bridgehead atoms. The zero-order valence-corrected chi connectivity index (χ0v) is 16.3. The van der Waals surface area contributed by atoms with Crippen LogP contribution < -0.4 is 20.1 Å². The second-order valence-electron chi connectivity index (χ2n) is 6.32. The smallest absolute Gasteiger partial charge is 0.319 e. The average Bonchev–Trinajstić information content (AvgIpc) is 2.66. The lowest BCUT2D eigenvalue weighted by Gasteiger charge is -2.16. The minimum Gasteiger partial charge on any atom is -0.494 e. The number of carbonyl (C=O) groups excluding carboxylic acids is 2. The molecule has 3 amide bonds. The second kappa shape index (κ2) is 9.59. The molecule has 1 atom stereocenters. The molecule has 7 nitrogen and oxygen atoms in total. The van der Waals surface area contributed by atoms with Gasteiger partial charge in [0, 0.05) is 19.8 Å². The topological polar surface area (TPSA) is 79.9 Å². The van der Waals surface area contributed by atoms with Gasteiger partial charge in [-0.2, -0.15) is 0 Å². The first-order valence-electron chi connectivity index (χ1n) is 8.64. The number of rotatable bonds is 7. The van der Waals surface area contributed by atoms with Crippen LogP contribution in [0.4, 0.5) is 14.9 Å². The molecule has 2 aromatic carbocycles. The van der Waals surface area contributed by atoms with Gasteiger partial charge in [-0.25, -0.2) is 9.18 Å². The van der Waals surface area contributed by atoms with Crippen molar-refractivity contribution in [3.63, 3.8) is 0 Å². The van der Waals surface area contributed by atoms with Crippen molar-refractivity contribution in [1.29, 1.82) is 0 Å². The lowest BCUT2D eigenvalue weighted by Crippen LogP contribution is -2.31. The van der Waals surface area contributed by atoms with E-state index < -0.39 is 17.9 Å². The summed E-state index contributed by atoms with van der Waals surface area (Å²) < 4.78 is 24.1. The highest BCUT2D eigenvalue weighted by molar-refractivity contribution is 5.89. The van der Waals surface area contributed by atoms with E-state index in [9.17, 15) is 14.0 Å². The maximum atomic E-state index is 13.8. The Morgan fingerprint density at radius 3 is 2.39 bits per heavy atom. The summed E-state index contributed by atoms with van der Waals surface area (Å²) in [5.41, 5.74) is 1.17. The molecule has 0 spiro atoms. The third kappa shape index (κ3) is 5.87. The van der Waals surface area contributed by atoms with E-state index in [0.29, 0.717) is 17.0 Å². The molecule has 8 heteroatoms. The van der Waals surface area contributed by atoms with Crippen LogP contribution in [0.5, 0.6) is 11.5 Å². The molecule has 0 aliphatic rings. The molecule has 0 aromatic heterocycles. The lowest BCUT2D eigenvalue weighted by molar-refractivity contribution is -0.130. The molecule has 0 heterocycles. The van der Waals surface area contributed by atoms with Crippen molar-refractivity contribution in [3.8, 4) is 11.5 Å². The van der Waals surface area contributed by atoms with Crippen LogP contribution in [0, 0.1) is 5.82 Å². The van der Waals surface area contributed by atoms with Crippen LogP contribution in [0.25, 0.3) is 0 Å². The number of ether oxygens (including phenoxy) is 2. The third-order valence-electron chi connectivity index (χ3n) is 4.00. The van der Waals surface area contributed by atoms with Crippen molar-refractivity contribution in [2.45, 2.75) is 13.0 Å². The van der Waals surface area contributed by atoms with Gasteiger partial charge < -0.3 is 25.0 Å². The summed E-state index contributed by atoms with van der Waals surface area (Å²) in [4.78, 5) is 25.1. The highest BCUT2D eigenvalue weighted by Gasteiger charge is 2.12. The molecule has 2 aromatic rings. The molecular weight excluding hydrogens is 365 g/mol. The number of carbonyl (C=O) groups is 2. The Kier molecular flexibility index (Phi) is 7.20. The van der Waals surface area contributed by atoms with Crippen LogP contribution in [0.1, 0.15) is 18.5 Å². The molecule has 0 aliphatic heterocycles. The van der Waals surface area contributed by atoms with Crippen molar-refractivity contribution in [2.75, 3.05) is 33.1 Å². The number of halogens is 1. The van der Waals surface area contributed by atoms with E-state index in [1.807, 2.05) is 0 Å². The lowest BCUT2D eigenvalue weighted by atomic mass is 10.1. The molecule has 0 saturated heterocycles. The Balaban J connectivity index is 1.88. The van der Waals surface area contributed by atoms with Gasteiger partial charge in [0.05, 0.1) is 13.2 Å². The van der Waals surface area contributed by atoms with E-state index in [1.54, 1.807) is 51.4 Å². The van der Waals surface area contributed by atoms with Gasteiger partial charge in [-0.05, 0) is 48.9 Å². The van der Waals surface area contributed by atoms with Crippen LogP contribution in [0.2, 0.25) is 0 Å². The van der Waals surface area contributed by atoms with Crippen molar-refractivity contribution >= 4 is 17.6 Å². The molecule has 0 radical (unpaired) electrons. The van der Waals surface area contributed by atoms with Gasteiger partial charge in [-0.15, -0.1) is 0 Å². The maximum absolute atomic E-state index is 13.8. The van der Waals surface area contributed by atoms with E-state index in [1.165, 1.54) is 24.1 Å². The number of nitrogens with zero attached hydrogens (tertiary/aromatic N) is 1. The van der Waals surface area contributed by atoms with Crippen molar-refractivity contribution in [1.82, 2.24) is 10.2 Å². The summed E-state index contributed by atoms with van der Waals surface area (Å²) in [7, 11) is 4.70. The van der Waals surface area contributed by atoms with Gasteiger partial charge in [0.15, 0.2) is 18.2 Å². The van der Waals surface area contributed by atoms with E-state index in [-0.39, 0.29) is 18.3 Å². The van der Waals surface area contributed by atoms with Gasteiger partial charge in [0.25, 0.3) is 5.91 Å². The zero-order valence-electron chi connectivity index (χ0n) is 16.3. The Hall–Kier alpha value is -3.29. The molecule has 2 N–H and O–H groups in total. The number of hydrogen-bond donors (Lipinski definition) is 2. The molecule has 0 fully saturated rings. The van der Waals surface area contributed by atoms with Gasteiger partial charge in [-0.1, -0.05) is 6.07 Å². The number of benzene rings is 2. The molecule has 2 rings (SSSR count). The largest absolute Gasteiger partial charge is 0.494 e. The Bertz CT molecular complexity index is 825. The van der Waals surface area contributed by atoms with Crippen molar-refractivity contribution < 1.29 is 23.5 Å². The number of methoxy groups -OCH3 is 1. The molecule has 28 heavy (non-hydrogen) atoms. The van der Waals surface area contributed by atoms with Crippen LogP contribution in [0.3, 0.4) is 0 Å². The summed E-state index contributed by atoms with van der Waals surface area (Å²) in [6.07, 6.45) is 0. The zero-order chi connectivity index (χ0) is 20.7. The number of amides is 3. The number of urea groups is 1. The quantitative estimate of drug-likeness (QED) is 0.762. The van der Waals surface area contributed by atoms with Gasteiger partial charge >= 0.3 is 6.03 Å². The van der Waals surface area contributed by atoms with Crippen molar-refractivity contribution in [2.24, 2.45) is 0 Å². The summed E-state index contributed by atoms with van der Waals surface area (Å²) in [6.45, 7) is 1.69.